The zero-order chi connectivity index (χ0) is 11.9. The third-order valence-corrected chi connectivity index (χ3v) is 3.29. The predicted molar refractivity (Wildman–Crippen MR) is 60.4 cm³/mol. The van der Waals surface area contributed by atoms with E-state index in [0.29, 0.717) is 0 Å². The molecule has 0 aliphatic heterocycles. The van der Waals surface area contributed by atoms with Gasteiger partial charge in [-0.25, -0.2) is 0 Å². The lowest BCUT2D eigenvalue weighted by Crippen LogP contribution is -1.99. The van der Waals surface area contributed by atoms with Gasteiger partial charge in [0.25, 0.3) is 10.1 Å². The molecule has 4 nitrogen and oxygen atoms in total. The topological polar surface area (TPSA) is 74.6 Å². The van der Waals surface area contributed by atoms with Gasteiger partial charge >= 0.3 is 0 Å². The number of hydrogen-bond acceptors (Lipinski definition) is 3. The molecule has 0 aromatic heterocycles. The largest absolute Gasteiger partial charge is 0.507 e. The number of aromatic hydroxyl groups is 1. The molecule has 0 atom stereocenters. The third kappa shape index (κ3) is 1.84. The van der Waals surface area contributed by atoms with Crippen LogP contribution >= 0.6 is 11.6 Å². The van der Waals surface area contributed by atoms with E-state index in [-0.39, 0.29) is 26.4 Å². The lowest BCUT2D eigenvalue weighted by Gasteiger charge is -2.06. The molecular weight excluding hydrogens is 252 g/mol. The fraction of sp³-hybridized carbons (Fsp3) is 0. The first kappa shape index (κ1) is 11.2. The summed E-state index contributed by atoms with van der Waals surface area (Å²) in [6, 6.07) is 6.95. The summed E-state index contributed by atoms with van der Waals surface area (Å²) in [6.45, 7) is 0. The van der Waals surface area contributed by atoms with Crippen LogP contribution in [-0.4, -0.2) is 18.1 Å². The molecule has 0 unspecified atom stereocenters. The van der Waals surface area contributed by atoms with Crippen LogP contribution in [0.5, 0.6) is 5.75 Å². The normalized spacial score (nSPS) is 11.9. The van der Waals surface area contributed by atoms with Crippen molar-refractivity contribution in [2.45, 2.75) is 4.90 Å². The van der Waals surface area contributed by atoms with Crippen molar-refractivity contribution in [3.8, 4) is 5.75 Å². The molecule has 2 aromatic rings. The van der Waals surface area contributed by atoms with Crippen molar-refractivity contribution >= 4 is 32.5 Å². The molecule has 2 rings (SSSR count). The summed E-state index contributed by atoms with van der Waals surface area (Å²) in [5.74, 6) is -0.0927. The van der Waals surface area contributed by atoms with Gasteiger partial charge in [-0.2, -0.15) is 8.42 Å². The van der Waals surface area contributed by atoms with Gasteiger partial charge in [0, 0.05) is 15.8 Å². The number of hydrogen-bond donors (Lipinski definition) is 2. The molecule has 6 heteroatoms. The van der Waals surface area contributed by atoms with Gasteiger partial charge in [-0.15, -0.1) is 0 Å². The summed E-state index contributed by atoms with van der Waals surface area (Å²) in [5.41, 5.74) is 0. The summed E-state index contributed by atoms with van der Waals surface area (Å²) < 4.78 is 31.3. The first-order chi connectivity index (χ1) is 7.39. The molecule has 0 bridgehead atoms. The maximum atomic E-state index is 11.1. The van der Waals surface area contributed by atoms with Crippen LogP contribution in [0.2, 0.25) is 5.02 Å². The molecule has 16 heavy (non-hydrogen) atoms. The van der Waals surface area contributed by atoms with E-state index in [0.717, 1.165) is 6.07 Å². The van der Waals surface area contributed by atoms with Gasteiger partial charge in [-0.05, 0) is 18.2 Å². The Hall–Kier alpha value is -1.30. The minimum absolute atomic E-state index is 0.0927. The Balaban J connectivity index is 3.01. The SMILES string of the molecule is O=S(=O)(O)c1cc(Cl)cc2c(O)cccc12. The Morgan fingerprint density at radius 1 is 1.12 bits per heavy atom. The van der Waals surface area contributed by atoms with Crippen molar-refractivity contribution in [3.05, 3.63) is 35.4 Å². The average molecular weight is 259 g/mol. The summed E-state index contributed by atoms with van der Waals surface area (Å²) in [5, 5.41) is 10.2. The van der Waals surface area contributed by atoms with E-state index >= 15 is 0 Å². The van der Waals surface area contributed by atoms with Gasteiger partial charge in [0.05, 0.1) is 0 Å². The Kier molecular flexibility index (Phi) is 2.53. The van der Waals surface area contributed by atoms with E-state index < -0.39 is 10.1 Å². The maximum Gasteiger partial charge on any atom is 0.295 e. The summed E-state index contributed by atoms with van der Waals surface area (Å²) in [4.78, 5) is -0.314. The zero-order valence-electron chi connectivity index (χ0n) is 7.88. The average Bonchev–Trinajstić information content (AvgIpc) is 2.17. The first-order valence-corrected chi connectivity index (χ1v) is 6.10. The Morgan fingerprint density at radius 3 is 2.44 bits per heavy atom. The van der Waals surface area contributed by atoms with Gasteiger partial charge in [0.1, 0.15) is 10.6 Å². The molecule has 0 fully saturated rings. The molecule has 2 aromatic carbocycles. The van der Waals surface area contributed by atoms with Crippen LogP contribution in [0.1, 0.15) is 0 Å². The monoisotopic (exact) mass is 258 g/mol. The van der Waals surface area contributed by atoms with E-state index in [1.807, 2.05) is 0 Å². The van der Waals surface area contributed by atoms with Crippen molar-refractivity contribution in [3.63, 3.8) is 0 Å². The molecule has 84 valence electrons. The van der Waals surface area contributed by atoms with Crippen LogP contribution in [0.15, 0.2) is 35.2 Å². The van der Waals surface area contributed by atoms with Crippen LogP contribution in [0.3, 0.4) is 0 Å². The zero-order valence-corrected chi connectivity index (χ0v) is 9.46. The maximum absolute atomic E-state index is 11.1. The predicted octanol–water partition coefficient (Wildman–Crippen LogP) is 2.45. The Morgan fingerprint density at radius 2 is 1.81 bits per heavy atom. The number of benzene rings is 2. The lowest BCUT2D eigenvalue weighted by molar-refractivity contribution is 0.481. The van der Waals surface area contributed by atoms with E-state index in [9.17, 15) is 13.5 Å². The quantitative estimate of drug-likeness (QED) is 0.771. The number of phenolic OH excluding ortho intramolecular Hbond substituents is 1. The Labute approximate surface area is 96.8 Å². The smallest absolute Gasteiger partial charge is 0.295 e. The number of rotatable bonds is 1. The lowest BCUT2D eigenvalue weighted by atomic mass is 10.1. The van der Waals surface area contributed by atoms with Crippen molar-refractivity contribution < 1.29 is 18.1 Å². The first-order valence-electron chi connectivity index (χ1n) is 4.28. The van der Waals surface area contributed by atoms with E-state index in [1.165, 1.54) is 24.3 Å². The fourth-order valence-corrected chi connectivity index (χ4v) is 2.53. The molecule has 0 saturated heterocycles. The molecule has 0 heterocycles. The van der Waals surface area contributed by atoms with Gasteiger partial charge < -0.3 is 5.11 Å². The van der Waals surface area contributed by atoms with Crippen molar-refractivity contribution in [2.24, 2.45) is 0 Å². The van der Waals surface area contributed by atoms with Crippen molar-refractivity contribution in [1.29, 1.82) is 0 Å². The molecule has 0 aliphatic carbocycles. The van der Waals surface area contributed by atoms with E-state index in [1.54, 1.807) is 0 Å². The van der Waals surface area contributed by atoms with E-state index in [4.69, 9.17) is 16.2 Å². The van der Waals surface area contributed by atoms with Gasteiger partial charge in [-0.1, -0.05) is 23.7 Å². The van der Waals surface area contributed by atoms with E-state index in [2.05, 4.69) is 0 Å². The summed E-state index contributed by atoms with van der Waals surface area (Å²) in [6.07, 6.45) is 0. The molecule has 0 radical (unpaired) electrons. The number of fused-ring (bicyclic) bond motifs is 1. The second-order valence-corrected chi connectivity index (χ2v) is 5.08. The third-order valence-electron chi connectivity index (χ3n) is 2.18. The number of halogens is 1. The highest BCUT2D eigenvalue weighted by Crippen LogP contribution is 2.32. The Bertz CT molecular complexity index is 664. The van der Waals surface area contributed by atoms with Gasteiger partial charge in [0.15, 0.2) is 0 Å². The summed E-state index contributed by atoms with van der Waals surface area (Å²) >= 11 is 5.72. The van der Waals surface area contributed by atoms with Crippen LogP contribution in [0, 0.1) is 0 Å². The van der Waals surface area contributed by atoms with Crippen molar-refractivity contribution in [1.82, 2.24) is 0 Å². The van der Waals surface area contributed by atoms with Gasteiger partial charge in [-0.3, -0.25) is 4.55 Å². The molecule has 0 spiro atoms. The molecular formula is C10H7ClO4S. The molecule has 2 N–H and O–H groups in total. The second kappa shape index (κ2) is 3.62. The highest BCUT2D eigenvalue weighted by atomic mass is 35.5. The van der Waals surface area contributed by atoms with Crippen LogP contribution < -0.4 is 0 Å². The molecule has 0 saturated carbocycles. The van der Waals surface area contributed by atoms with Crippen LogP contribution in [0.25, 0.3) is 10.8 Å². The standard InChI is InChI=1S/C10H7ClO4S/c11-6-4-8-7(2-1-3-9(8)12)10(5-6)16(13,14)15/h1-5,12H,(H,13,14,15). The fourth-order valence-electron chi connectivity index (χ4n) is 1.52. The van der Waals surface area contributed by atoms with Crippen molar-refractivity contribution in [2.75, 3.05) is 0 Å². The van der Waals surface area contributed by atoms with Crippen LogP contribution in [-0.2, 0) is 10.1 Å². The number of phenols is 1. The minimum atomic E-state index is -4.36. The minimum Gasteiger partial charge on any atom is -0.507 e. The summed E-state index contributed by atoms with van der Waals surface area (Å²) in [7, 11) is -4.36. The highest BCUT2D eigenvalue weighted by molar-refractivity contribution is 7.86. The van der Waals surface area contributed by atoms with Gasteiger partial charge in [0.2, 0.25) is 0 Å². The highest BCUT2D eigenvalue weighted by Gasteiger charge is 2.16. The van der Waals surface area contributed by atoms with Crippen LogP contribution in [0.4, 0.5) is 0 Å². The molecule has 0 aliphatic rings. The second-order valence-electron chi connectivity index (χ2n) is 3.25. The molecule has 0 amide bonds.